The summed E-state index contributed by atoms with van der Waals surface area (Å²) in [6, 6.07) is 3.29. The molecule has 1 aliphatic carbocycles. The maximum Gasteiger partial charge on any atom is 0.242 e. The lowest BCUT2D eigenvalue weighted by Crippen LogP contribution is -2.31. The molecule has 0 unspecified atom stereocenters. The smallest absolute Gasteiger partial charge is 0.242 e. The van der Waals surface area contributed by atoms with Gasteiger partial charge >= 0.3 is 0 Å². The SMILES string of the molecule is Cc1cc(N)c(S(=O)(=O)NCC2(CCO)CC2)cc1C. The van der Waals surface area contributed by atoms with Crippen molar-refractivity contribution in [1.82, 2.24) is 4.72 Å². The van der Waals surface area contributed by atoms with Crippen LogP contribution in [0.5, 0.6) is 0 Å². The van der Waals surface area contributed by atoms with Gasteiger partial charge in [0.1, 0.15) is 4.90 Å². The number of anilines is 1. The van der Waals surface area contributed by atoms with Crippen molar-refractivity contribution >= 4 is 15.7 Å². The van der Waals surface area contributed by atoms with E-state index in [0.29, 0.717) is 13.0 Å². The van der Waals surface area contributed by atoms with E-state index >= 15 is 0 Å². The van der Waals surface area contributed by atoms with Gasteiger partial charge in [-0.2, -0.15) is 0 Å². The Bertz CT molecular complexity index is 607. The third kappa shape index (κ3) is 3.13. The lowest BCUT2D eigenvalue weighted by molar-refractivity contribution is 0.249. The molecule has 0 atom stereocenters. The quantitative estimate of drug-likeness (QED) is 0.691. The van der Waals surface area contributed by atoms with Crippen LogP contribution in [-0.2, 0) is 10.0 Å². The minimum atomic E-state index is -3.60. The molecule has 0 saturated heterocycles. The predicted octanol–water partition coefficient (Wildman–Crippen LogP) is 1.33. The van der Waals surface area contributed by atoms with Gasteiger partial charge in [-0.05, 0) is 61.8 Å². The number of aliphatic hydroxyl groups excluding tert-OH is 1. The molecule has 112 valence electrons. The molecule has 0 spiro atoms. The molecule has 0 radical (unpaired) electrons. The first-order valence-corrected chi connectivity index (χ1v) is 8.25. The Labute approximate surface area is 120 Å². The summed E-state index contributed by atoms with van der Waals surface area (Å²) in [5, 5.41) is 9.00. The van der Waals surface area contributed by atoms with E-state index in [-0.39, 0.29) is 22.6 Å². The second kappa shape index (κ2) is 5.35. The van der Waals surface area contributed by atoms with Gasteiger partial charge in [-0.1, -0.05) is 0 Å². The second-order valence-electron chi connectivity index (χ2n) is 5.77. The maximum absolute atomic E-state index is 12.3. The lowest BCUT2D eigenvalue weighted by Gasteiger charge is -2.16. The predicted molar refractivity (Wildman–Crippen MR) is 78.9 cm³/mol. The van der Waals surface area contributed by atoms with Crippen molar-refractivity contribution in [2.24, 2.45) is 5.41 Å². The zero-order valence-corrected chi connectivity index (χ0v) is 12.8. The lowest BCUT2D eigenvalue weighted by atomic mass is 10.0. The topological polar surface area (TPSA) is 92.4 Å². The van der Waals surface area contributed by atoms with Crippen molar-refractivity contribution in [2.45, 2.75) is 38.0 Å². The number of aliphatic hydroxyl groups is 1. The largest absolute Gasteiger partial charge is 0.398 e. The first-order chi connectivity index (χ1) is 9.30. The first kappa shape index (κ1) is 15.3. The fourth-order valence-electron chi connectivity index (χ4n) is 2.30. The van der Waals surface area contributed by atoms with Crippen molar-refractivity contribution in [2.75, 3.05) is 18.9 Å². The van der Waals surface area contributed by atoms with Crippen molar-refractivity contribution in [3.05, 3.63) is 23.3 Å². The highest BCUT2D eigenvalue weighted by Crippen LogP contribution is 2.48. The molecular weight excluding hydrogens is 276 g/mol. The number of aryl methyl sites for hydroxylation is 2. The molecule has 5 nitrogen and oxygen atoms in total. The van der Waals surface area contributed by atoms with Crippen LogP contribution in [0.4, 0.5) is 5.69 Å². The monoisotopic (exact) mass is 298 g/mol. The summed E-state index contributed by atoms with van der Waals surface area (Å²) >= 11 is 0. The Hall–Kier alpha value is -1.11. The van der Waals surface area contributed by atoms with Crippen LogP contribution in [0, 0.1) is 19.3 Å². The molecule has 0 bridgehead atoms. The maximum atomic E-state index is 12.3. The van der Waals surface area contributed by atoms with Gasteiger partial charge in [-0.3, -0.25) is 0 Å². The number of sulfonamides is 1. The van der Waals surface area contributed by atoms with E-state index in [1.165, 1.54) is 0 Å². The van der Waals surface area contributed by atoms with E-state index in [0.717, 1.165) is 24.0 Å². The number of nitrogens with one attached hydrogen (secondary N) is 1. The fraction of sp³-hybridized carbons (Fsp3) is 0.571. The summed E-state index contributed by atoms with van der Waals surface area (Å²) in [6.07, 6.45) is 2.55. The Balaban J connectivity index is 2.17. The van der Waals surface area contributed by atoms with Crippen molar-refractivity contribution in [3.8, 4) is 0 Å². The molecule has 1 saturated carbocycles. The number of hydrogen-bond acceptors (Lipinski definition) is 4. The van der Waals surface area contributed by atoms with Crippen molar-refractivity contribution in [1.29, 1.82) is 0 Å². The molecular formula is C14H22N2O3S. The molecule has 0 aliphatic heterocycles. The number of benzene rings is 1. The molecule has 4 N–H and O–H groups in total. The summed E-state index contributed by atoms with van der Waals surface area (Å²) in [5.74, 6) is 0. The van der Waals surface area contributed by atoms with Gasteiger partial charge in [-0.25, -0.2) is 13.1 Å². The normalized spacial score (nSPS) is 17.1. The minimum Gasteiger partial charge on any atom is -0.398 e. The van der Waals surface area contributed by atoms with E-state index in [1.807, 2.05) is 13.8 Å². The van der Waals surface area contributed by atoms with Crippen LogP contribution in [-0.4, -0.2) is 26.7 Å². The molecule has 20 heavy (non-hydrogen) atoms. The van der Waals surface area contributed by atoms with Crippen LogP contribution in [0.3, 0.4) is 0 Å². The van der Waals surface area contributed by atoms with E-state index in [4.69, 9.17) is 10.8 Å². The van der Waals surface area contributed by atoms with Gasteiger partial charge in [0.15, 0.2) is 0 Å². The van der Waals surface area contributed by atoms with Gasteiger partial charge in [0.25, 0.3) is 0 Å². The number of rotatable bonds is 6. The van der Waals surface area contributed by atoms with Crippen molar-refractivity contribution in [3.63, 3.8) is 0 Å². The molecule has 0 heterocycles. The Morgan fingerprint density at radius 2 is 1.90 bits per heavy atom. The van der Waals surface area contributed by atoms with Crippen LogP contribution < -0.4 is 10.5 Å². The Kier molecular flexibility index (Phi) is 4.09. The molecule has 0 amide bonds. The van der Waals surface area contributed by atoms with E-state index in [2.05, 4.69) is 4.72 Å². The number of nitrogens with two attached hydrogens (primary N) is 1. The Morgan fingerprint density at radius 3 is 2.45 bits per heavy atom. The van der Waals surface area contributed by atoms with Crippen LogP contribution >= 0.6 is 0 Å². The summed E-state index contributed by atoms with van der Waals surface area (Å²) in [6.45, 7) is 4.22. The highest BCUT2D eigenvalue weighted by Gasteiger charge is 2.42. The summed E-state index contributed by atoms with van der Waals surface area (Å²) in [4.78, 5) is 0.139. The molecule has 1 aliphatic rings. The zero-order valence-electron chi connectivity index (χ0n) is 11.9. The highest BCUT2D eigenvalue weighted by atomic mass is 32.2. The highest BCUT2D eigenvalue weighted by molar-refractivity contribution is 7.89. The van der Waals surface area contributed by atoms with Crippen LogP contribution in [0.1, 0.15) is 30.4 Å². The van der Waals surface area contributed by atoms with Gasteiger partial charge < -0.3 is 10.8 Å². The third-order valence-electron chi connectivity index (χ3n) is 4.15. The minimum absolute atomic E-state index is 0.0592. The van der Waals surface area contributed by atoms with Gasteiger partial charge in [0.05, 0.1) is 5.69 Å². The van der Waals surface area contributed by atoms with Crippen molar-refractivity contribution < 1.29 is 13.5 Å². The molecule has 0 aromatic heterocycles. The summed E-state index contributed by atoms with van der Waals surface area (Å²) < 4.78 is 27.3. The molecule has 1 aromatic rings. The number of hydrogen-bond donors (Lipinski definition) is 3. The summed E-state index contributed by atoms with van der Waals surface area (Å²) in [7, 11) is -3.60. The van der Waals surface area contributed by atoms with E-state index in [1.54, 1.807) is 12.1 Å². The average molecular weight is 298 g/mol. The second-order valence-corrected chi connectivity index (χ2v) is 7.51. The standard InChI is InChI=1S/C14H22N2O3S/c1-10-7-12(15)13(8-11(10)2)20(18,19)16-9-14(3-4-14)5-6-17/h7-8,16-17H,3-6,9,15H2,1-2H3. The molecule has 1 aromatic carbocycles. The fourth-order valence-corrected chi connectivity index (χ4v) is 3.65. The summed E-state index contributed by atoms with van der Waals surface area (Å²) in [5.41, 5.74) is 7.91. The Morgan fingerprint density at radius 1 is 1.30 bits per heavy atom. The van der Waals surface area contributed by atoms with E-state index < -0.39 is 10.0 Å². The number of nitrogen functional groups attached to an aromatic ring is 1. The average Bonchev–Trinajstić information content (AvgIpc) is 3.12. The van der Waals surface area contributed by atoms with Crippen LogP contribution in [0.25, 0.3) is 0 Å². The zero-order chi connectivity index (χ0) is 15.0. The molecule has 2 rings (SSSR count). The third-order valence-corrected chi connectivity index (χ3v) is 5.61. The molecule has 6 heteroatoms. The van der Waals surface area contributed by atoms with Gasteiger partial charge in [-0.15, -0.1) is 0 Å². The van der Waals surface area contributed by atoms with Gasteiger partial charge in [0, 0.05) is 13.2 Å². The van der Waals surface area contributed by atoms with E-state index in [9.17, 15) is 8.42 Å². The van der Waals surface area contributed by atoms with Gasteiger partial charge in [0.2, 0.25) is 10.0 Å². The first-order valence-electron chi connectivity index (χ1n) is 6.77. The molecule has 1 fully saturated rings. The van der Waals surface area contributed by atoms with Crippen LogP contribution in [0.15, 0.2) is 17.0 Å². The van der Waals surface area contributed by atoms with Crippen LogP contribution in [0.2, 0.25) is 0 Å².